The first kappa shape index (κ1) is 24.2. The van der Waals surface area contributed by atoms with Gasteiger partial charge in [0.25, 0.3) is 5.91 Å². The van der Waals surface area contributed by atoms with E-state index in [0.717, 1.165) is 34.4 Å². The van der Waals surface area contributed by atoms with E-state index >= 15 is 0 Å². The Morgan fingerprint density at radius 1 is 0.914 bits per heavy atom. The summed E-state index contributed by atoms with van der Waals surface area (Å²) in [5.74, 6) is -0.755. The van der Waals surface area contributed by atoms with Gasteiger partial charge in [-0.2, -0.15) is 0 Å². The Labute approximate surface area is 206 Å². The molecule has 3 aromatic rings. The minimum Gasteiger partial charge on any atom is -0.347 e. The van der Waals surface area contributed by atoms with Gasteiger partial charge < -0.3 is 10.6 Å². The summed E-state index contributed by atoms with van der Waals surface area (Å²) in [6, 6.07) is 28.1. The molecule has 2 atom stereocenters. The summed E-state index contributed by atoms with van der Waals surface area (Å²) in [7, 11) is 0. The average Bonchev–Trinajstić information content (AvgIpc) is 3.13. The van der Waals surface area contributed by atoms with E-state index in [4.69, 9.17) is 0 Å². The average molecular weight is 470 g/mol. The third-order valence-electron chi connectivity index (χ3n) is 6.47. The molecule has 4 amide bonds. The van der Waals surface area contributed by atoms with Crippen LogP contribution in [0.4, 0.5) is 4.79 Å². The number of hydrogen-bond donors (Lipinski definition) is 2. The molecule has 6 heteroatoms. The first-order valence-corrected chi connectivity index (χ1v) is 12.1. The van der Waals surface area contributed by atoms with Crippen molar-refractivity contribution >= 4 is 17.8 Å². The Balaban J connectivity index is 1.53. The van der Waals surface area contributed by atoms with Gasteiger partial charge in [0, 0.05) is 0 Å². The van der Waals surface area contributed by atoms with Crippen molar-refractivity contribution in [3.8, 4) is 0 Å². The summed E-state index contributed by atoms with van der Waals surface area (Å²) in [5, 5.41) is 5.95. The number of nitrogens with one attached hydrogen (secondary N) is 2. The van der Waals surface area contributed by atoms with Crippen LogP contribution in [0.5, 0.6) is 0 Å². The van der Waals surface area contributed by atoms with Crippen molar-refractivity contribution in [3.63, 3.8) is 0 Å². The van der Waals surface area contributed by atoms with Gasteiger partial charge in [-0.25, -0.2) is 4.79 Å². The zero-order chi connectivity index (χ0) is 24.7. The fourth-order valence-electron chi connectivity index (χ4n) is 4.61. The maximum Gasteiger partial charge on any atom is 0.325 e. The van der Waals surface area contributed by atoms with Crippen LogP contribution in [-0.2, 0) is 21.5 Å². The first-order chi connectivity index (χ1) is 17.0. The van der Waals surface area contributed by atoms with Gasteiger partial charge in [0.2, 0.25) is 5.91 Å². The minimum absolute atomic E-state index is 0.286. The van der Waals surface area contributed by atoms with Gasteiger partial charge in [-0.3, -0.25) is 14.5 Å². The molecule has 0 aliphatic carbocycles. The van der Waals surface area contributed by atoms with Crippen molar-refractivity contribution in [3.05, 3.63) is 108 Å². The lowest BCUT2D eigenvalue weighted by atomic mass is 9.85. The van der Waals surface area contributed by atoms with E-state index in [2.05, 4.69) is 10.6 Å². The molecule has 0 radical (unpaired) electrons. The van der Waals surface area contributed by atoms with Crippen LogP contribution in [0.15, 0.2) is 91.0 Å². The van der Waals surface area contributed by atoms with E-state index in [0.29, 0.717) is 12.8 Å². The van der Waals surface area contributed by atoms with E-state index in [-0.39, 0.29) is 24.4 Å². The molecule has 35 heavy (non-hydrogen) atoms. The van der Waals surface area contributed by atoms with Crippen LogP contribution in [-0.4, -0.2) is 29.3 Å². The molecule has 1 aliphatic rings. The van der Waals surface area contributed by atoms with Crippen molar-refractivity contribution in [1.82, 2.24) is 15.5 Å². The van der Waals surface area contributed by atoms with Crippen molar-refractivity contribution in [2.45, 2.75) is 44.2 Å². The quantitative estimate of drug-likeness (QED) is 0.422. The molecule has 4 rings (SSSR count). The predicted octanol–water partition coefficient (Wildman–Crippen LogP) is 4.72. The Morgan fingerprint density at radius 3 is 2.14 bits per heavy atom. The summed E-state index contributed by atoms with van der Waals surface area (Å²) >= 11 is 0. The van der Waals surface area contributed by atoms with Gasteiger partial charge in [0.05, 0.1) is 6.04 Å². The molecule has 6 nitrogen and oxygen atoms in total. The topological polar surface area (TPSA) is 78.5 Å². The second-order valence-electron chi connectivity index (χ2n) is 8.92. The highest BCUT2D eigenvalue weighted by Crippen LogP contribution is 2.34. The molecule has 1 saturated heterocycles. The lowest BCUT2D eigenvalue weighted by Gasteiger charge is -2.27. The molecule has 2 unspecified atom stereocenters. The van der Waals surface area contributed by atoms with Gasteiger partial charge >= 0.3 is 6.03 Å². The predicted molar refractivity (Wildman–Crippen MR) is 135 cm³/mol. The third kappa shape index (κ3) is 5.43. The molecular weight excluding hydrogens is 438 g/mol. The van der Waals surface area contributed by atoms with Crippen LogP contribution in [0.3, 0.4) is 0 Å². The Bertz CT molecular complexity index is 1150. The number of benzene rings is 3. The van der Waals surface area contributed by atoms with Crippen molar-refractivity contribution in [1.29, 1.82) is 0 Å². The summed E-state index contributed by atoms with van der Waals surface area (Å²) < 4.78 is 0. The molecule has 2 N–H and O–H groups in total. The van der Waals surface area contributed by atoms with E-state index in [1.54, 1.807) is 0 Å². The molecule has 3 aromatic carbocycles. The second kappa shape index (κ2) is 11.0. The van der Waals surface area contributed by atoms with Gasteiger partial charge in [-0.05, 0) is 29.5 Å². The number of carbonyl (C=O) groups is 3. The summed E-state index contributed by atoms with van der Waals surface area (Å²) in [4.78, 5) is 40.7. The van der Waals surface area contributed by atoms with Crippen LogP contribution >= 0.6 is 0 Å². The van der Waals surface area contributed by atoms with Gasteiger partial charge in [-0.15, -0.1) is 0 Å². The number of nitrogens with zero attached hydrogens (tertiary/aromatic N) is 1. The Morgan fingerprint density at radius 2 is 1.51 bits per heavy atom. The zero-order valence-electron chi connectivity index (χ0n) is 19.9. The van der Waals surface area contributed by atoms with E-state index in [1.165, 1.54) is 0 Å². The maximum atomic E-state index is 13.6. The highest BCUT2D eigenvalue weighted by atomic mass is 16.2. The molecule has 0 spiro atoms. The number of amides is 4. The van der Waals surface area contributed by atoms with Crippen molar-refractivity contribution in [2.75, 3.05) is 6.54 Å². The smallest absolute Gasteiger partial charge is 0.325 e. The SMILES string of the molecule is CCCCC1(c2ccccc2)NC(=O)N(CC(=O)NC(Cc2ccccc2)c2ccccc2)C1=O. The molecule has 0 saturated carbocycles. The minimum atomic E-state index is -1.14. The summed E-state index contributed by atoms with van der Waals surface area (Å²) in [6.07, 6.45) is 2.74. The standard InChI is InChI=1S/C29H31N3O3/c1-2-3-19-29(24-17-11-6-12-18-24)27(34)32(28(35)31-29)21-26(33)30-25(23-15-9-5-10-16-23)20-22-13-7-4-8-14-22/h4-18,25H,2-3,19-21H2,1H3,(H,30,33)(H,31,35). The molecule has 1 heterocycles. The lowest BCUT2D eigenvalue weighted by molar-refractivity contribution is -0.135. The van der Waals surface area contributed by atoms with E-state index < -0.39 is 11.6 Å². The highest BCUT2D eigenvalue weighted by molar-refractivity contribution is 6.09. The number of carbonyl (C=O) groups excluding carboxylic acids is 3. The van der Waals surface area contributed by atoms with Gasteiger partial charge in [0.15, 0.2) is 0 Å². The van der Waals surface area contributed by atoms with E-state index in [9.17, 15) is 14.4 Å². The number of imide groups is 1. The van der Waals surface area contributed by atoms with Crippen molar-refractivity contribution in [2.24, 2.45) is 0 Å². The zero-order valence-corrected chi connectivity index (χ0v) is 19.9. The monoisotopic (exact) mass is 469 g/mol. The second-order valence-corrected chi connectivity index (χ2v) is 8.92. The van der Waals surface area contributed by atoms with Gasteiger partial charge in [-0.1, -0.05) is 111 Å². The number of unbranched alkanes of at least 4 members (excludes halogenated alkanes) is 1. The van der Waals surface area contributed by atoms with E-state index in [1.807, 2.05) is 97.9 Å². The molecule has 0 bridgehead atoms. The number of rotatable bonds is 10. The van der Waals surface area contributed by atoms with Gasteiger partial charge in [0.1, 0.15) is 12.1 Å². The molecular formula is C29H31N3O3. The molecule has 0 aromatic heterocycles. The molecule has 1 fully saturated rings. The summed E-state index contributed by atoms with van der Waals surface area (Å²) in [6.45, 7) is 1.71. The number of urea groups is 1. The number of hydrogen-bond acceptors (Lipinski definition) is 3. The van der Waals surface area contributed by atoms with Crippen LogP contribution in [0.25, 0.3) is 0 Å². The van der Waals surface area contributed by atoms with Crippen LogP contribution in [0, 0.1) is 0 Å². The Hall–Kier alpha value is -3.93. The first-order valence-electron chi connectivity index (χ1n) is 12.1. The summed E-state index contributed by atoms with van der Waals surface area (Å²) in [5.41, 5.74) is 1.64. The van der Waals surface area contributed by atoms with Crippen LogP contribution < -0.4 is 10.6 Å². The molecule has 180 valence electrons. The molecule has 1 aliphatic heterocycles. The fraction of sp³-hybridized carbons (Fsp3) is 0.276. The van der Waals surface area contributed by atoms with Crippen LogP contribution in [0.2, 0.25) is 0 Å². The highest BCUT2D eigenvalue weighted by Gasteiger charge is 2.52. The maximum absolute atomic E-state index is 13.6. The lowest BCUT2D eigenvalue weighted by Crippen LogP contribution is -2.45. The normalized spacial score (nSPS) is 18.3. The largest absolute Gasteiger partial charge is 0.347 e. The van der Waals surface area contributed by atoms with Crippen LogP contribution in [0.1, 0.15) is 48.9 Å². The Kier molecular flexibility index (Phi) is 7.60. The van der Waals surface area contributed by atoms with Crippen molar-refractivity contribution < 1.29 is 14.4 Å². The fourth-order valence-corrected chi connectivity index (χ4v) is 4.61. The third-order valence-corrected chi connectivity index (χ3v) is 6.47.